The van der Waals surface area contributed by atoms with Gasteiger partial charge in [-0.3, -0.25) is 0 Å². The van der Waals surface area contributed by atoms with Crippen LogP contribution in [0.25, 0.3) is 0 Å². The minimum atomic E-state index is -0.108. The highest BCUT2D eigenvalue weighted by Gasteiger charge is 2.17. The fourth-order valence-electron chi connectivity index (χ4n) is 1.98. The number of aliphatic hydroxyl groups is 1. The highest BCUT2D eigenvalue weighted by Crippen LogP contribution is 2.33. The molecule has 0 aromatic heterocycles. The van der Waals surface area contributed by atoms with E-state index in [0.717, 1.165) is 36.6 Å². The maximum Gasteiger partial charge on any atom is 0.165 e. The highest BCUT2D eigenvalue weighted by molar-refractivity contribution is 5.47. The van der Waals surface area contributed by atoms with Gasteiger partial charge >= 0.3 is 0 Å². The second-order valence-corrected chi connectivity index (χ2v) is 5.72. The van der Waals surface area contributed by atoms with Crippen LogP contribution in [0.2, 0.25) is 0 Å². The van der Waals surface area contributed by atoms with Crippen LogP contribution in [0.4, 0.5) is 0 Å². The van der Waals surface area contributed by atoms with Crippen LogP contribution >= 0.6 is 0 Å². The van der Waals surface area contributed by atoms with Crippen molar-refractivity contribution in [2.75, 3.05) is 26.4 Å². The molecule has 1 aromatic rings. The largest absolute Gasteiger partial charge is 0.490 e. The van der Waals surface area contributed by atoms with Gasteiger partial charge in [-0.25, -0.2) is 0 Å². The fourth-order valence-corrected chi connectivity index (χ4v) is 1.98. The lowest BCUT2D eigenvalue weighted by molar-refractivity contribution is 0.156. The second-order valence-electron chi connectivity index (χ2n) is 5.72. The summed E-state index contributed by atoms with van der Waals surface area (Å²) in [6.45, 7) is 7.13. The SMILES string of the molecule is CC(C)(CO)CNCc1cccc2c1OCCCO2. The van der Waals surface area contributed by atoms with Gasteiger partial charge in [-0.05, 0) is 6.07 Å². The first-order valence-corrected chi connectivity index (χ1v) is 6.81. The number of rotatable bonds is 5. The third-order valence-corrected chi connectivity index (χ3v) is 3.20. The molecule has 1 aliphatic heterocycles. The van der Waals surface area contributed by atoms with Crippen LogP contribution < -0.4 is 14.8 Å². The van der Waals surface area contributed by atoms with E-state index in [9.17, 15) is 5.11 Å². The molecule has 1 aromatic carbocycles. The lowest BCUT2D eigenvalue weighted by Gasteiger charge is -2.22. The first-order chi connectivity index (χ1) is 9.12. The number of ether oxygens (including phenoxy) is 2. The molecule has 0 saturated heterocycles. The topological polar surface area (TPSA) is 50.7 Å². The van der Waals surface area contributed by atoms with Crippen molar-refractivity contribution in [3.63, 3.8) is 0 Å². The molecule has 2 rings (SSSR count). The van der Waals surface area contributed by atoms with Crippen molar-refractivity contribution in [2.45, 2.75) is 26.8 Å². The molecule has 19 heavy (non-hydrogen) atoms. The van der Waals surface area contributed by atoms with Gasteiger partial charge in [0.05, 0.1) is 13.2 Å². The van der Waals surface area contributed by atoms with Crippen molar-refractivity contribution >= 4 is 0 Å². The van der Waals surface area contributed by atoms with Crippen molar-refractivity contribution in [2.24, 2.45) is 5.41 Å². The molecule has 106 valence electrons. The lowest BCUT2D eigenvalue weighted by atomic mass is 9.95. The van der Waals surface area contributed by atoms with Crippen LogP contribution in [-0.2, 0) is 6.54 Å². The molecule has 0 spiro atoms. The van der Waals surface area contributed by atoms with Gasteiger partial charge in [-0.2, -0.15) is 0 Å². The average Bonchev–Trinajstić information content (AvgIpc) is 2.64. The van der Waals surface area contributed by atoms with E-state index >= 15 is 0 Å². The van der Waals surface area contributed by atoms with E-state index in [1.54, 1.807) is 0 Å². The normalized spacial score (nSPS) is 15.1. The van der Waals surface area contributed by atoms with Crippen LogP contribution in [0.15, 0.2) is 18.2 Å². The molecule has 4 nitrogen and oxygen atoms in total. The Labute approximate surface area is 114 Å². The van der Waals surface area contributed by atoms with Gasteiger partial charge in [-0.15, -0.1) is 0 Å². The maximum atomic E-state index is 9.24. The Bertz CT molecular complexity index is 418. The molecule has 0 fully saturated rings. The number of hydrogen-bond acceptors (Lipinski definition) is 4. The van der Waals surface area contributed by atoms with Crippen LogP contribution in [0.3, 0.4) is 0 Å². The van der Waals surface area contributed by atoms with Crippen molar-refractivity contribution in [1.82, 2.24) is 5.32 Å². The predicted molar refractivity (Wildman–Crippen MR) is 74.6 cm³/mol. The lowest BCUT2D eigenvalue weighted by Crippen LogP contribution is -2.32. The first-order valence-electron chi connectivity index (χ1n) is 6.81. The van der Waals surface area contributed by atoms with Crippen LogP contribution in [0, 0.1) is 5.41 Å². The van der Waals surface area contributed by atoms with Crippen LogP contribution in [0.5, 0.6) is 11.5 Å². The van der Waals surface area contributed by atoms with Crippen molar-refractivity contribution in [3.05, 3.63) is 23.8 Å². The molecule has 0 radical (unpaired) electrons. The zero-order valence-electron chi connectivity index (χ0n) is 11.7. The predicted octanol–water partition coefficient (Wildman–Crippen LogP) is 1.96. The van der Waals surface area contributed by atoms with Gasteiger partial charge in [0.15, 0.2) is 11.5 Å². The Hall–Kier alpha value is -1.26. The number of hydrogen-bond donors (Lipinski definition) is 2. The molecule has 1 aliphatic rings. The van der Waals surface area contributed by atoms with E-state index in [0.29, 0.717) is 13.2 Å². The van der Waals surface area contributed by atoms with Gasteiger partial charge < -0.3 is 19.9 Å². The summed E-state index contributed by atoms with van der Waals surface area (Å²) in [5, 5.41) is 12.6. The minimum Gasteiger partial charge on any atom is -0.490 e. The van der Waals surface area contributed by atoms with E-state index in [4.69, 9.17) is 9.47 Å². The molecule has 4 heteroatoms. The third-order valence-electron chi connectivity index (χ3n) is 3.20. The molecule has 0 bridgehead atoms. The molecule has 0 unspecified atom stereocenters. The summed E-state index contributed by atoms with van der Waals surface area (Å²) in [6, 6.07) is 5.98. The van der Waals surface area contributed by atoms with E-state index in [-0.39, 0.29) is 12.0 Å². The summed E-state index contributed by atoms with van der Waals surface area (Å²) < 4.78 is 11.4. The summed E-state index contributed by atoms with van der Waals surface area (Å²) in [5.74, 6) is 1.69. The number of para-hydroxylation sites is 1. The molecular formula is C15H23NO3. The highest BCUT2D eigenvalue weighted by atomic mass is 16.5. The van der Waals surface area contributed by atoms with E-state index in [2.05, 4.69) is 5.32 Å². The average molecular weight is 265 g/mol. The number of nitrogens with one attached hydrogen (secondary N) is 1. The van der Waals surface area contributed by atoms with Crippen molar-refractivity contribution in [3.8, 4) is 11.5 Å². The van der Waals surface area contributed by atoms with Crippen LogP contribution in [0.1, 0.15) is 25.8 Å². The Balaban J connectivity index is 2.01. The Morgan fingerprint density at radius 3 is 2.84 bits per heavy atom. The second kappa shape index (κ2) is 6.26. The smallest absolute Gasteiger partial charge is 0.165 e. The zero-order valence-corrected chi connectivity index (χ0v) is 11.7. The monoisotopic (exact) mass is 265 g/mol. The van der Waals surface area contributed by atoms with Crippen molar-refractivity contribution < 1.29 is 14.6 Å². The van der Waals surface area contributed by atoms with E-state index in [1.165, 1.54) is 0 Å². The molecule has 0 atom stereocenters. The molecule has 0 aliphatic carbocycles. The maximum absolute atomic E-state index is 9.24. The first kappa shape index (κ1) is 14.2. The van der Waals surface area contributed by atoms with E-state index < -0.39 is 0 Å². The van der Waals surface area contributed by atoms with Gasteiger partial charge in [0.1, 0.15) is 0 Å². The summed E-state index contributed by atoms with van der Waals surface area (Å²) >= 11 is 0. The van der Waals surface area contributed by atoms with Crippen LogP contribution in [-0.4, -0.2) is 31.5 Å². The van der Waals surface area contributed by atoms with Crippen molar-refractivity contribution in [1.29, 1.82) is 0 Å². The summed E-state index contributed by atoms with van der Waals surface area (Å²) in [7, 11) is 0. The number of fused-ring (bicyclic) bond motifs is 1. The van der Waals surface area contributed by atoms with Gasteiger partial charge in [0.2, 0.25) is 0 Å². The Morgan fingerprint density at radius 1 is 1.26 bits per heavy atom. The minimum absolute atomic E-state index is 0.108. The number of benzene rings is 1. The van der Waals surface area contributed by atoms with Gasteiger partial charge in [-0.1, -0.05) is 26.0 Å². The summed E-state index contributed by atoms with van der Waals surface area (Å²) in [5.41, 5.74) is 0.997. The standard InChI is InChI=1S/C15H23NO3/c1-15(2,11-17)10-16-9-12-5-3-6-13-14(12)19-8-4-7-18-13/h3,5-6,16-17H,4,7-11H2,1-2H3. The molecule has 1 heterocycles. The van der Waals surface area contributed by atoms with E-state index in [1.807, 2.05) is 32.0 Å². The molecular weight excluding hydrogens is 242 g/mol. The summed E-state index contributed by atoms with van der Waals surface area (Å²) in [4.78, 5) is 0. The quantitative estimate of drug-likeness (QED) is 0.854. The Morgan fingerprint density at radius 2 is 2.05 bits per heavy atom. The molecule has 0 amide bonds. The van der Waals surface area contributed by atoms with Gasteiger partial charge in [0, 0.05) is 37.1 Å². The summed E-state index contributed by atoms with van der Waals surface area (Å²) in [6.07, 6.45) is 0.916. The zero-order chi connectivity index (χ0) is 13.7. The molecule has 0 saturated carbocycles. The Kier molecular flexibility index (Phi) is 4.66. The fraction of sp³-hybridized carbons (Fsp3) is 0.600. The van der Waals surface area contributed by atoms with Gasteiger partial charge in [0.25, 0.3) is 0 Å². The third kappa shape index (κ3) is 3.85. The molecule has 2 N–H and O–H groups in total. The number of aliphatic hydroxyl groups excluding tert-OH is 1.